The minimum absolute atomic E-state index is 0.0828. The van der Waals surface area contributed by atoms with Gasteiger partial charge in [-0.05, 0) is 275 Å². The van der Waals surface area contributed by atoms with Crippen LogP contribution in [0.3, 0.4) is 0 Å². The summed E-state index contributed by atoms with van der Waals surface area (Å²) >= 11 is 39.2. The smallest absolute Gasteiger partial charge is 0.308 e. The first kappa shape index (κ1) is 110. The molecule has 0 saturated heterocycles. The van der Waals surface area contributed by atoms with Crippen molar-refractivity contribution in [1.82, 2.24) is 68.6 Å². The number of halogens is 5. The Labute approximate surface area is 913 Å². The quantitative estimate of drug-likeness (QED) is 0.0721. The number of carbonyl (C=O) groups is 4. The molecule has 27 nitrogen and oxygen atoms in total. The van der Waals surface area contributed by atoms with Gasteiger partial charge in [-0.3, -0.25) is 67.0 Å². The molecule has 0 amide bonds. The highest BCUT2D eigenvalue weighted by atomic mass is 35.5. The van der Waals surface area contributed by atoms with Crippen LogP contribution < -0.4 is 0 Å². The van der Waals surface area contributed by atoms with Gasteiger partial charge in [0.25, 0.3) is 0 Å². The van der Waals surface area contributed by atoms with Crippen molar-refractivity contribution < 1.29 is 38.1 Å². The Morgan fingerprint density at radius 1 is 0.336 bits per heavy atom. The molecule has 37 heteroatoms. The summed E-state index contributed by atoms with van der Waals surface area (Å²) in [6.07, 6.45) is 4.62. The van der Waals surface area contributed by atoms with E-state index in [0.717, 1.165) is 161 Å². The van der Waals surface area contributed by atoms with Gasteiger partial charge in [0.15, 0.2) is 23.3 Å². The summed E-state index contributed by atoms with van der Waals surface area (Å²) in [6.45, 7) is 55.7. The number of rotatable bonds is 14. The van der Waals surface area contributed by atoms with Gasteiger partial charge in [-0.2, -0.15) is 0 Å². The summed E-state index contributed by atoms with van der Waals surface area (Å²) in [5, 5.41) is 43.5. The highest BCUT2D eigenvalue weighted by Gasteiger charge is 2.42. The second kappa shape index (κ2) is 43.4. The van der Waals surface area contributed by atoms with Crippen molar-refractivity contribution in [2.45, 2.75) is 278 Å². The summed E-state index contributed by atoms with van der Waals surface area (Å²) in [5.74, 6) is 4.84. The Morgan fingerprint density at radius 3 is 0.973 bits per heavy atom. The number of aryl methyl sites for hydroxylation is 9. The van der Waals surface area contributed by atoms with Crippen LogP contribution in [0.1, 0.15) is 314 Å². The Hall–Kier alpha value is -12.0. The lowest BCUT2D eigenvalue weighted by atomic mass is 9.98. The number of benzene rings is 5. The van der Waals surface area contributed by atoms with Crippen LogP contribution in [-0.4, -0.2) is 143 Å². The number of aliphatic imine (C=N–C) groups is 5. The standard InChI is InChI=1S/C24H27ClN4O2S.C24H26ClN3O2S.C23H25ClN4O2S.C22H23ClN4O2S.C19H19ClN4S/c1-7-18-27-28-22-17(12-19(30)31-24(4,5)6)26-21(15-8-10-16(25)11-9-15)20-13(2)14(3)32-23(20)29(18)22;1-13-12-26-22-18(11-19(29)30-24(4,5)6)27-21(16-7-9-17(25)10-8-16)20-14(2)15(3)31-23(20)28(13)22;1-12-13(2)31-22-19(12)20(15-7-9-16(24)10-8-15)25-17(11-18(29)30-23(4,5)6)21-27-26-14(3)28(21)22;1-12-13(2)30-21-18(12)19(14-6-8-15(23)9-7-14)25-16(20-26-24-11-27(20)21)10-17(28)29-22(3,4)5;1-10-11(2)25-17-15(10)16(13-6-8-14(20)9-7-13)21-19(4,5)18-23-22-12(3)24(17)18/h8-11,17H,7,12H2,1-6H3;7-10,12,18H,11H2,1-6H3;7-10,17H,11H2,1-6H3;6-9,11,16H,10H2,1-5H3;6-9H,1-5H3/t17-;;;16-;/m0..0./s1. The zero-order valence-electron chi connectivity index (χ0n) is 88.7. The Kier molecular flexibility index (Phi) is 32.0. The van der Waals surface area contributed by atoms with E-state index in [1.54, 1.807) is 63.0 Å². The maximum absolute atomic E-state index is 12.8. The topological polar surface area (TPSA) is 308 Å². The molecule has 2 unspecified atom stereocenters. The fraction of sp³-hybridized carbons (Fsp3) is 0.375. The third-order valence-corrected chi connectivity index (χ3v) is 32.5. The maximum atomic E-state index is 12.8. The average Bonchev–Trinajstić information content (AvgIpc) is 1.47. The molecule has 0 N–H and O–H groups in total. The van der Waals surface area contributed by atoms with Gasteiger partial charge in [0.05, 0.1) is 54.2 Å². The molecule has 0 aliphatic carbocycles. The van der Waals surface area contributed by atoms with Crippen LogP contribution in [-0.2, 0) is 50.1 Å². The largest absolute Gasteiger partial charge is 0.460 e. The van der Waals surface area contributed by atoms with Crippen molar-refractivity contribution in [2.24, 2.45) is 25.0 Å². The number of thiophene rings is 5. The van der Waals surface area contributed by atoms with Crippen molar-refractivity contribution >= 4 is 167 Å². The predicted molar refractivity (Wildman–Crippen MR) is 601 cm³/mol. The summed E-state index contributed by atoms with van der Waals surface area (Å²) in [4.78, 5) is 87.1. The van der Waals surface area contributed by atoms with Crippen molar-refractivity contribution in [2.75, 3.05) is 0 Å². The van der Waals surface area contributed by atoms with E-state index in [1.165, 1.54) is 46.6 Å². The van der Waals surface area contributed by atoms with Crippen LogP contribution in [0.2, 0.25) is 25.1 Å². The molecule has 10 aromatic heterocycles. The van der Waals surface area contributed by atoms with Gasteiger partial charge in [-0.15, -0.1) is 97.5 Å². The second-order valence-corrected chi connectivity index (χ2v) is 49.9. The molecule has 0 bridgehead atoms. The summed E-state index contributed by atoms with van der Waals surface area (Å²) in [6, 6.07) is 36.5. The van der Waals surface area contributed by atoms with Crippen LogP contribution in [0.25, 0.3) is 25.0 Å². The average molecular weight is 2200 g/mol. The minimum atomic E-state index is -0.570. The van der Waals surface area contributed by atoms with Crippen molar-refractivity contribution in [3.8, 4) is 25.0 Å². The highest BCUT2D eigenvalue weighted by Crippen LogP contribution is 2.48. The lowest BCUT2D eigenvalue weighted by Gasteiger charge is -2.21. The molecule has 5 aromatic carbocycles. The van der Waals surface area contributed by atoms with Crippen LogP contribution in [0.4, 0.5) is 0 Å². The number of hydrogen-bond donors (Lipinski definition) is 0. The monoisotopic (exact) mass is 2190 g/mol. The second-order valence-electron chi connectivity index (χ2n) is 41.7. The molecule has 0 saturated carbocycles. The number of ether oxygens (including phenoxy) is 4. The van der Waals surface area contributed by atoms with Gasteiger partial charge in [0.2, 0.25) is 0 Å². The number of esters is 4. The minimum Gasteiger partial charge on any atom is -0.460 e. The summed E-state index contributed by atoms with van der Waals surface area (Å²) in [5.41, 5.74) is 18.8. The normalized spacial score (nSPS) is 15.6. The van der Waals surface area contributed by atoms with Crippen LogP contribution in [0, 0.1) is 90.0 Å². The molecule has 15 aromatic rings. The lowest BCUT2D eigenvalue weighted by molar-refractivity contribution is -0.156. The maximum Gasteiger partial charge on any atom is 0.308 e. The predicted octanol–water partition coefficient (Wildman–Crippen LogP) is 27.7. The van der Waals surface area contributed by atoms with E-state index in [4.69, 9.17) is 102 Å². The fourth-order valence-electron chi connectivity index (χ4n) is 18.0. The Bertz CT molecular complexity index is 7650. The van der Waals surface area contributed by atoms with Crippen molar-refractivity contribution in [1.29, 1.82) is 0 Å². The van der Waals surface area contributed by atoms with E-state index in [-0.39, 0.29) is 49.6 Å². The molecule has 20 rings (SSSR count). The van der Waals surface area contributed by atoms with Gasteiger partial charge in [0.1, 0.15) is 107 Å². The number of carbonyl (C=O) groups excluding carboxylic acids is 4. The molecule has 149 heavy (non-hydrogen) atoms. The third kappa shape index (κ3) is 23.7. The Balaban J connectivity index is 0.000000133. The molecule has 776 valence electrons. The molecular formula is C112H120Cl5N19O8S5. The van der Waals surface area contributed by atoms with Gasteiger partial charge < -0.3 is 18.9 Å². The van der Waals surface area contributed by atoms with E-state index < -0.39 is 52.1 Å². The molecule has 5 aliphatic heterocycles. The summed E-state index contributed by atoms with van der Waals surface area (Å²) in [7, 11) is 0. The van der Waals surface area contributed by atoms with E-state index in [1.807, 2.05) is 241 Å². The van der Waals surface area contributed by atoms with Crippen molar-refractivity contribution in [3.05, 3.63) is 319 Å². The number of aromatic nitrogens is 14. The third-order valence-electron chi connectivity index (χ3n) is 25.3. The van der Waals surface area contributed by atoms with Crippen LogP contribution in [0.15, 0.2) is 159 Å². The molecular weight excluding hydrogens is 2080 g/mol. The molecule has 0 spiro atoms. The van der Waals surface area contributed by atoms with E-state index in [9.17, 15) is 19.2 Å². The zero-order chi connectivity index (χ0) is 108. The van der Waals surface area contributed by atoms with Gasteiger partial charge in [0, 0.05) is 123 Å². The van der Waals surface area contributed by atoms with E-state index in [0.29, 0.717) is 37.6 Å². The van der Waals surface area contributed by atoms with Gasteiger partial charge >= 0.3 is 23.9 Å². The number of hydrogen-bond acceptors (Lipinski definition) is 27. The molecule has 0 fully saturated rings. The van der Waals surface area contributed by atoms with Crippen LogP contribution in [0.5, 0.6) is 0 Å². The van der Waals surface area contributed by atoms with E-state index >= 15 is 0 Å². The fourth-order valence-corrected chi connectivity index (χ4v) is 24.6. The number of nitrogens with zero attached hydrogens (tertiary/aromatic N) is 19. The molecule has 4 atom stereocenters. The Morgan fingerprint density at radius 2 is 0.617 bits per heavy atom. The SMILES string of the molecule is CCc1nnc2n1-c1sc(C)c(C)c1C(c1ccc(Cl)cc1)=N[C@H]2CC(=O)OC(C)(C)C.Cc1sc2c(c1C)C(c1ccc(Cl)cc1)=NC(C)(C)c1nnc(C)n1-2.Cc1sc2c(c1C)C(c1ccc(Cl)cc1)=NC(CC(=O)OC(C)(C)C)c1ncc(C)n1-2.Cc1sc2c(c1C)C(c1ccc(Cl)cc1)=NC(CC(=O)OC(C)(C)C)c1nnc(C)n1-2.Cc1sc2c(c1C)C(c1ccc(Cl)cc1)=N[C@@H](CC(=O)OC(C)(C)C)c1nncn1-2. The van der Waals surface area contributed by atoms with Gasteiger partial charge in [-0.25, -0.2) is 4.98 Å². The lowest BCUT2D eigenvalue weighted by Crippen LogP contribution is -2.25. The first-order valence-electron chi connectivity index (χ1n) is 49.0. The molecule has 0 radical (unpaired) electrons. The van der Waals surface area contributed by atoms with Gasteiger partial charge in [-0.1, -0.05) is 126 Å². The summed E-state index contributed by atoms with van der Waals surface area (Å²) < 4.78 is 32.7. The highest BCUT2D eigenvalue weighted by molar-refractivity contribution is 7.16. The first-order valence-corrected chi connectivity index (χ1v) is 54.9. The molecule has 15 heterocycles. The number of fused-ring (bicyclic) bond motifs is 15. The van der Waals surface area contributed by atoms with E-state index in [2.05, 4.69) is 149 Å². The number of imidazole rings is 1. The first-order chi connectivity index (χ1) is 70.1. The van der Waals surface area contributed by atoms with Crippen LogP contribution >= 0.6 is 115 Å². The zero-order valence-corrected chi connectivity index (χ0v) is 96.6. The molecule has 5 aliphatic rings. The van der Waals surface area contributed by atoms with Crippen molar-refractivity contribution in [3.63, 3.8) is 0 Å².